The van der Waals surface area contributed by atoms with E-state index in [0.717, 1.165) is 22.5 Å². The molecule has 0 radical (unpaired) electrons. The average Bonchev–Trinajstić information content (AvgIpc) is 2.85. The summed E-state index contributed by atoms with van der Waals surface area (Å²) in [6.45, 7) is 4.05. The van der Waals surface area contributed by atoms with E-state index < -0.39 is 9.84 Å². The quantitative estimate of drug-likeness (QED) is 0.875. The van der Waals surface area contributed by atoms with Crippen LogP contribution in [0.15, 0.2) is 36.5 Å². The fourth-order valence-electron chi connectivity index (χ4n) is 3.01. The minimum Gasteiger partial charge on any atom is -0.355 e. The van der Waals surface area contributed by atoms with Crippen LogP contribution in [0.5, 0.6) is 0 Å². The first-order chi connectivity index (χ1) is 11.8. The van der Waals surface area contributed by atoms with E-state index in [1.165, 1.54) is 0 Å². The Kier molecular flexibility index (Phi) is 4.76. The molecule has 6 nitrogen and oxygen atoms in total. The Morgan fingerprint density at radius 1 is 1.12 bits per heavy atom. The Hall–Kier alpha value is -2.41. The summed E-state index contributed by atoms with van der Waals surface area (Å²) in [5.41, 5.74) is 4.26. The summed E-state index contributed by atoms with van der Waals surface area (Å²) in [5, 5.41) is 6.02. The maximum atomic E-state index is 12.3. The Balaban J connectivity index is 1.71. The molecule has 1 aliphatic heterocycles. The van der Waals surface area contributed by atoms with Crippen molar-refractivity contribution >= 4 is 27.1 Å². The molecular formula is C18H21N3O3S. The number of anilines is 2. The molecule has 7 heteroatoms. The minimum atomic E-state index is -3.03. The fourth-order valence-corrected chi connectivity index (χ4v) is 4.69. The fraction of sp³-hybridized carbons (Fsp3) is 0.333. The highest BCUT2D eigenvalue weighted by atomic mass is 32.2. The predicted octanol–water partition coefficient (Wildman–Crippen LogP) is 2.36. The lowest BCUT2D eigenvalue weighted by atomic mass is 10.1. The molecule has 2 aromatic rings. The zero-order valence-electron chi connectivity index (χ0n) is 14.2. The van der Waals surface area contributed by atoms with E-state index in [-0.39, 0.29) is 29.1 Å². The number of aryl methyl sites for hydroxylation is 2. The zero-order chi connectivity index (χ0) is 18.0. The Morgan fingerprint density at radius 2 is 1.84 bits per heavy atom. The Labute approximate surface area is 147 Å². The molecule has 0 saturated carbocycles. The second kappa shape index (κ2) is 6.84. The van der Waals surface area contributed by atoms with Crippen molar-refractivity contribution < 1.29 is 13.2 Å². The van der Waals surface area contributed by atoms with Gasteiger partial charge in [-0.2, -0.15) is 0 Å². The molecule has 1 unspecified atom stereocenters. The molecule has 0 spiro atoms. The first-order valence-corrected chi connectivity index (χ1v) is 9.95. The van der Waals surface area contributed by atoms with Crippen molar-refractivity contribution in [2.45, 2.75) is 26.3 Å². The number of nitrogens with zero attached hydrogens (tertiary/aromatic N) is 1. The zero-order valence-corrected chi connectivity index (χ0v) is 15.1. The average molecular weight is 359 g/mol. The smallest absolute Gasteiger partial charge is 0.270 e. The van der Waals surface area contributed by atoms with Crippen molar-refractivity contribution in [2.75, 3.05) is 16.8 Å². The van der Waals surface area contributed by atoms with Gasteiger partial charge in [-0.25, -0.2) is 8.42 Å². The van der Waals surface area contributed by atoms with Crippen LogP contribution in [0, 0.1) is 13.8 Å². The number of nitrogens with one attached hydrogen (secondary N) is 2. The number of carbonyl (C=O) groups is 1. The van der Waals surface area contributed by atoms with Crippen LogP contribution < -0.4 is 10.6 Å². The van der Waals surface area contributed by atoms with Gasteiger partial charge in [-0.1, -0.05) is 6.07 Å². The highest BCUT2D eigenvalue weighted by Gasteiger charge is 2.29. The van der Waals surface area contributed by atoms with Crippen molar-refractivity contribution in [3.05, 3.63) is 53.3 Å². The maximum absolute atomic E-state index is 12.3. The summed E-state index contributed by atoms with van der Waals surface area (Å²) < 4.78 is 23.0. The number of carbonyl (C=O) groups excluding carboxylic acids is 1. The molecular weight excluding hydrogens is 338 g/mol. The van der Waals surface area contributed by atoms with Crippen molar-refractivity contribution in [3.8, 4) is 0 Å². The molecule has 1 fully saturated rings. The number of pyridine rings is 1. The van der Waals surface area contributed by atoms with Gasteiger partial charge >= 0.3 is 0 Å². The summed E-state index contributed by atoms with van der Waals surface area (Å²) in [6, 6.07) is 9.25. The van der Waals surface area contributed by atoms with Gasteiger partial charge in [0, 0.05) is 23.6 Å². The summed E-state index contributed by atoms with van der Waals surface area (Å²) in [6.07, 6.45) is 2.01. The predicted molar refractivity (Wildman–Crippen MR) is 98.0 cm³/mol. The number of hydrogen-bond acceptors (Lipinski definition) is 5. The molecule has 2 N–H and O–H groups in total. The molecule has 1 saturated heterocycles. The van der Waals surface area contributed by atoms with Crippen molar-refractivity contribution in [2.24, 2.45) is 0 Å². The van der Waals surface area contributed by atoms with Crippen molar-refractivity contribution in [3.63, 3.8) is 0 Å². The summed E-state index contributed by atoms with van der Waals surface area (Å²) >= 11 is 0. The summed E-state index contributed by atoms with van der Waals surface area (Å²) in [5.74, 6) is -0.231. The molecule has 3 rings (SSSR count). The van der Waals surface area contributed by atoms with Crippen LogP contribution in [-0.2, 0) is 9.84 Å². The van der Waals surface area contributed by atoms with Gasteiger partial charge in [0.25, 0.3) is 5.91 Å². The number of hydrogen-bond donors (Lipinski definition) is 2. The summed E-state index contributed by atoms with van der Waals surface area (Å²) in [4.78, 5) is 16.4. The van der Waals surface area contributed by atoms with Crippen LogP contribution in [-0.4, -0.2) is 36.9 Å². The highest BCUT2D eigenvalue weighted by molar-refractivity contribution is 7.91. The minimum absolute atomic E-state index is 0.000744. The maximum Gasteiger partial charge on any atom is 0.270 e. The van der Waals surface area contributed by atoms with E-state index in [2.05, 4.69) is 21.7 Å². The molecule has 1 aliphatic rings. The largest absolute Gasteiger partial charge is 0.355 e. The number of sulfone groups is 1. The molecule has 0 bridgehead atoms. The molecule has 25 heavy (non-hydrogen) atoms. The van der Waals surface area contributed by atoms with Crippen LogP contribution in [0.1, 0.15) is 28.0 Å². The molecule has 0 aliphatic carbocycles. The van der Waals surface area contributed by atoms with E-state index in [9.17, 15) is 13.2 Å². The van der Waals surface area contributed by atoms with E-state index in [4.69, 9.17) is 0 Å². The van der Waals surface area contributed by atoms with Gasteiger partial charge in [-0.05, 0) is 55.7 Å². The molecule has 1 aromatic heterocycles. The first kappa shape index (κ1) is 17.4. The molecule has 1 aromatic carbocycles. The van der Waals surface area contributed by atoms with E-state index in [1.807, 2.05) is 26.0 Å². The normalized spacial score (nSPS) is 18.7. The number of amides is 1. The second-order valence-electron chi connectivity index (χ2n) is 6.50. The third kappa shape index (κ3) is 4.57. The van der Waals surface area contributed by atoms with Crippen LogP contribution >= 0.6 is 0 Å². The van der Waals surface area contributed by atoms with Gasteiger partial charge in [0.1, 0.15) is 5.69 Å². The molecule has 1 amide bonds. The lowest BCUT2D eigenvalue weighted by Crippen LogP contribution is -2.36. The molecule has 2 heterocycles. The van der Waals surface area contributed by atoms with Crippen LogP contribution in [0.2, 0.25) is 0 Å². The van der Waals surface area contributed by atoms with Crippen LogP contribution in [0.4, 0.5) is 11.4 Å². The van der Waals surface area contributed by atoms with Gasteiger partial charge in [0.05, 0.1) is 11.5 Å². The van der Waals surface area contributed by atoms with Crippen molar-refractivity contribution in [1.82, 2.24) is 10.3 Å². The van der Waals surface area contributed by atoms with Gasteiger partial charge in [-0.15, -0.1) is 0 Å². The second-order valence-corrected chi connectivity index (χ2v) is 8.73. The third-order valence-electron chi connectivity index (χ3n) is 4.07. The lowest BCUT2D eigenvalue weighted by molar-refractivity contribution is 0.0936. The number of aromatic nitrogens is 1. The highest BCUT2D eigenvalue weighted by Crippen LogP contribution is 2.20. The van der Waals surface area contributed by atoms with Gasteiger partial charge in [0.2, 0.25) is 0 Å². The van der Waals surface area contributed by atoms with Gasteiger partial charge in [0.15, 0.2) is 9.84 Å². The van der Waals surface area contributed by atoms with E-state index >= 15 is 0 Å². The SMILES string of the molecule is Cc1cc(C)cc(Nc2ccnc(C(=O)NC3CCS(=O)(=O)C3)c2)c1. The summed E-state index contributed by atoms with van der Waals surface area (Å²) in [7, 11) is -3.03. The van der Waals surface area contributed by atoms with Crippen LogP contribution in [0.3, 0.4) is 0 Å². The van der Waals surface area contributed by atoms with Crippen molar-refractivity contribution in [1.29, 1.82) is 0 Å². The Morgan fingerprint density at radius 3 is 2.48 bits per heavy atom. The standard InChI is InChI=1S/C18H21N3O3S/c1-12-7-13(2)9-16(8-12)20-14-3-5-19-17(10-14)18(22)21-15-4-6-25(23,24)11-15/h3,5,7-10,15H,4,6,11H2,1-2H3,(H,19,20)(H,21,22). The van der Waals surface area contributed by atoms with Gasteiger partial charge < -0.3 is 10.6 Å². The monoisotopic (exact) mass is 359 g/mol. The van der Waals surface area contributed by atoms with Gasteiger partial charge in [-0.3, -0.25) is 9.78 Å². The first-order valence-electron chi connectivity index (χ1n) is 8.13. The third-order valence-corrected chi connectivity index (χ3v) is 5.84. The Bertz CT molecular complexity index is 889. The van der Waals surface area contributed by atoms with E-state index in [1.54, 1.807) is 18.3 Å². The molecule has 132 valence electrons. The lowest BCUT2D eigenvalue weighted by Gasteiger charge is -2.12. The number of benzene rings is 1. The number of rotatable bonds is 4. The van der Waals surface area contributed by atoms with E-state index in [0.29, 0.717) is 6.42 Å². The van der Waals surface area contributed by atoms with Crippen LogP contribution in [0.25, 0.3) is 0 Å². The molecule has 1 atom stereocenters. The topological polar surface area (TPSA) is 88.2 Å².